The Hall–Kier alpha value is -2.21. The molecule has 1 heterocycles. The maximum absolute atomic E-state index is 11.0. The third kappa shape index (κ3) is 3.28. The van der Waals surface area contributed by atoms with Crippen LogP contribution in [0.1, 0.15) is 11.1 Å². The molecule has 2 aromatic carbocycles. The average Bonchev–Trinajstić information content (AvgIpc) is 2.47. The Labute approximate surface area is 132 Å². The third-order valence-corrected chi connectivity index (χ3v) is 3.34. The van der Waals surface area contributed by atoms with Crippen molar-refractivity contribution < 1.29 is 26.6 Å². The van der Waals surface area contributed by atoms with Gasteiger partial charge in [-0.3, -0.25) is 10.1 Å². The van der Waals surface area contributed by atoms with Crippen LogP contribution in [0.15, 0.2) is 48.5 Å². The molecule has 6 heteroatoms. The zero-order valence-electron chi connectivity index (χ0n) is 11.2. The Bertz CT molecular complexity index is 701. The van der Waals surface area contributed by atoms with Gasteiger partial charge >= 0.3 is 0 Å². The van der Waals surface area contributed by atoms with Crippen molar-refractivity contribution in [3.63, 3.8) is 0 Å². The summed E-state index contributed by atoms with van der Waals surface area (Å²) in [7, 11) is 0. The van der Waals surface area contributed by atoms with E-state index in [4.69, 9.17) is 0 Å². The number of benzene rings is 2. The number of hydrogen-bond acceptors (Lipinski definition) is 3. The maximum Gasteiger partial charge on any atom is 0.298 e. The lowest BCUT2D eigenvalue weighted by molar-refractivity contribution is -0.493. The quantitative estimate of drug-likeness (QED) is 0.467. The van der Waals surface area contributed by atoms with E-state index < -0.39 is 0 Å². The Kier molecular flexibility index (Phi) is 4.70. The highest BCUT2D eigenvalue weighted by Gasteiger charge is 2.20. The van der Waals surface area contributed by atoms with Crippen LogP contribution in [-0.4, -0.2) is 22.4 Å². The Balaban J connectivity index is 0.00000161. The van der Waals surface area contributed by atoms with Crippen LogP contribution in [-0.2, 0) is 6.42 Å². The molecular weight excluding hydrogens is 334 g/mol. The molecule has 0 aliphatic carbocycles. The molecule has 0 unspecified atom stereocenters. The summed E-state index contributed by atoms with van der Waals surface area (Å²) in [5.41, 5.74) is 6.14. The molecule has 5 nitrogen and oxygen atoms in total. The zero-order valence-corrected chi connectivity index (χ0v) is 12.8. The standard InChI is InChI=1S/C15H14N3O2.BrH/c19-18(20)15-8-4-3-7-14(15)16-17-10-9-12-5-1-2-6-13(12)11-17;/h1-8,11,16H,9-10H2;1H/q+1;/p-1. The summed E-state index contributed by atoms with van der Waals surface area (Å²) in [5, 5.41) is 11.0. The summed E-state index contributed by atoms with van der Waals surface area (Å²) in [6.07, 6.45) is 2.90. The van der Waals surface area contributed by atoms with Gasteiger partial charge in [-0.2, -0.15) is 5.43 Å². The fraction of sp³-hybridized carbons (Fsp3) is 0.133. The topological polar surface area (TPSA) is 58.2 Å². The van der Waals surface area contributed by atoms with Gasteiger partial charge in [-0.1, -0.05) is 30.3 Å². The fourth-order valence-electron chi connectivity index (χ4n) is 2.33. The Morgan fingerprint density at radius 2 is 1.81 bits per heavy atom. The molecule has 3 rings (SSSR count). The van der Waals surface area contributed by atoms with Gasteiger partial charge in [0.2, 0.25) is 6.21 Å². The Morgan fingerprint density at radius 1 is 1.10 bits per heavy atom. The molecule has 0 atom stereocenters. The SMILES string of the molecule is O=[N+]([O-])c1ccccc1N[N+]1=Cc2ccccc2CC1.[Br-]. The number of nitrogens with zero attached hydrogens (tertiary/aromatic N) is 2. The van der Waals surface area contributed by atoms with Crippen LogP contribution in [0.2, 0.25) is 0 Å². The van der Waals surface area contributed by atoms with E-state index in [0.29, 0.717) is 5.69 Å². The number of hydrazone groups is 1. The van der Waals surface area contributed by atoms with Crippen molar-refractivity contribution in [1.82, 2.24) is 0 Å². The average molecular weight is 348 g/mol. The van der Waals surface area contributed by atoms with Crippen molar-refractivity contribution in [3.05, 3.63) is 69.8 Å². The first-order valence-corrected chi connectivity index (χ1v) is 6.43. The smallest absolute Gasteiger partial charge is 0.298 e. The molecule has 1 N–H and O–H groups in total. The normalized spacial score (nSPS) is 12.7. The van der Waals surface area contributed by atoms with Gasteiger partial charge in [0.25, 0.3) is 5.69 Å². The van der Waals surface area contributed by atoms with Crippen molar-refractivity contribution in [2.45, 2.75) is 6.42 Å². The number of nitro benzene ring substituents is 1. The molecule has 0 saturated heterocycles. The van der Waals surface area contributed by atoms with Gasteiger partial charge < -0.3 is 17.0 Å². The molecule has 0 bridgehead atoms. The molecule has 1 aliphatic rings. The molecule has 108 valence electrons. The molecular formula is C15H14BrN3O2. The van der Waals surface area contributed by atoms with Gasteiger partial charge in [0.05, 0.1) is 4.92 Å². The first-order valence-electron chi connectivity index (χ1n) is 6.43. The monoisotopic (exact) mass is 347 g/mol. The second-order valence-corrected chi connectivity index (χ2v) is 4.66. The predicted molar refractivity (Wildman–Crippen MR) is 77.2 cm³/mol. The van der Waals surface area contributed by atoms with E-state index in [9.17, 15) is 10.1 Å². The van der Waals surface area contributed by atoms with Gasteiger partial charge in [0.1, 0.15) is 0 Å². The highest BCUT2D eigenvalue weighted by atomic mass is 79.9. The molecule has 1 aliphatic heterocycles. The summed E-state index contributed by atoms with van der Waals surface area (Å²) < 4.78 is 1.89. The van der Waals surface area contributed by atoms with Crippen molar-refractivity contribution in [1.29, 1.82) is 0 Å². The summed E-state index contributed by atoms with van der Waals surface area (Å²) in [5.74, 6) is 0. The van der Waals surface area contributed by atoms with E-state index in [1.807, 2.05) is 29.1 Å². The summed E-state index contributed by atoms with van der Waals surface area (Å²) in [4.78, 5) is 10.6. The highest BCUT2D eigenvalue weighted by Crippen LogP contribution is 2.23. The largest absolute Gasteiger partial charge is 1.00 e. The second kappa shape index (κ2) is 6.49. The summed E-state index contributed by atoms with van der Waals surface area (Å²) in [6, 6.07) is 14.8. The number of fused-ring (bicyclic) bond motifs is 1. The van der Waals surface area contributed by atoms with E-state index in [2.05, 4.69) is 11.5 Å². The first kappa shape index (κ1) is 15.2. The number of hydrogen-bond donors (Lipinski definition) is 1. The second-order valence-electron chi connectivity index (χ2n) is 4.66. The van der Waals surface area contributed by atoms with Crippen LogP contribution in [0.5, 0.6) is 0 Å². The molecule has 0 fully saturated rings. The van der Waals surface area contributed by atoms with E-state index in [-0.39, 0.29) is 27.6 Å². The Morgan fingerprint density at radius 3 is 2.62 bits per heavy atom. The molecule has 21 heavy (non-hydrogen) atoms. The van der Waals surface area contributed by atoms with Crippen molar-refractivity contribution in [2.24, 2.45) is 0 Å². The minimum absolute atomic E-state index is 0. The van der Waals surface area contributed by atoms with Crippen LogP contribution in [0, 0.1) is 10.1 Å². The number of nitrogens with one attached hydrogen (secondary N) is 1. The minimum Gasteiger partial charge on any atom is -1.00 e. The summed E-state index contributed by atoms with van der Waals surface area (Å²) in [6.45, 7) is 0.781. The predicted octanol–water partition coefficient (Wildman–Crippen LogP) is -0.387. The summed E-state index contributed by atoms with van der Waals surface area (Å²) >= 11 is 0. The van der Waals surface area contributed by atoms with Gasteiger partial charge in [-0.15, -0.1) is 4.68 Å². The lowest BCUT2D eigenvalue weighted by Gasteiger charge is -2.12. The van der Waals surface area contributed by atoms with E-state index in [1.54, 1.807) is 18.2 Å². The van der Waals surface area contributed by atoms with Crippen LogP contribution in [0.4, 0.5) is 11.4 Å². The lowest BCUT2D eigenvalue weighted by Crippen LogP contribution is -3.00. The van der Waals surface area contributed by atoms with Gasteiger partial charge in [0.15, 0.2) is 12.2 Å². The highest BCUT2D eigenvalue weighted by molar-refractivity contribution is 5.79. The van der Waals surface area contributed by atoms with E-state index in [0.717, 1.165) is 18.5 Å². The molecule has 0 aromatic heterocycles. The van der Waals surface area contributed by atoms with Gasteiger partial charge in [-0.05, 0) is 17.7 Å². The lowest BCUT2D eigenvalue weighted by atomic mass is 10.0. The number of nitro groups is 1. The van der Waals surface area contributed by atoms with Crippen LogP contribution in [0.25, 0.3) is 0 Å². The number of halogens is 1. The number of anilines is 1. The first-order chi connectivity index (χ1) is 9.74. The fourth-order valence-corrected chi connectivity index (χ4v) is 2.33. The van der Waals surface area contributed by atoms with Crippen LogP contribution < -0.4 is 22.4 Å². The molecule has 0 saturated carbocycles. The van der Waals surface area contributed by atoms with Gasteiger partial charge in [-0.25, -0.2) is 0 Å². The zero-order chi connectivity index (χ0) is 13.9. The number of rotatable bonds is 3. The van der Waals surface area contributed by atoms with Gasteiger partial charge in [0, 0.05) is 18.1 Å². The van der Waals surface area contributed by atoms with E-state index in [1.165, 1.54) is 11.6 Å². The molecule has 2 aromatic rings. The van der Waals surface area contributed by atoms with Crippen molar-refractivity contribution >= 4 is 17.6 Å². The van der Waals surface area contributed by atoms with Crippen molar-refractivity contribution in [2.75, 3.05) is 12.0 Å². The minimum atomic E-state index is -0.375. The van der Waals surface area contributed by atoms with Crippen molar-refractivity contribution in [3.8, 4) is 0 Å². The maximum atomic E-state index is 11.0. The van der Waals surface area contributed by atoms with Crippen LogP contribution >= 0.6 is 0 Å². The molecule has 0 spiro atoms. The molecule has 0 radical (unpaired) electrons. The van der Waals surface area contributed by atoms with E-state index >= 15 is 0 Å². The third-order valence-electron chi connectivity index (χ3n) is 3.34. The number of para-hydroxylation sites is 2. The van der Waals surface area contributed by atoms with Crippen LogP contribution in [0.3, 0.4) is 0 Å². The number of hydrazine groups is 1. The molecule has 0 amide bonds.